The summed E-state index contributed by atoms with van der Waals surface area (Å²) in [7, 11) is 0. The molecule has 2 heterocycles. The predicted molar refractivity (Wildman–Crippen MR) is 136 cm³/mol. The van der Waals surface area contributed by atoms with E-state index < -0.39 is 6.04 Å². The molecule has 34 heavy (non-hydrogen) atoms. The molecule has 0 aliphatic rings. The van der Waals surface area contributed by atoms with Gasteiger partial charge >= 0.3 is 0 Å². The third-order valence-corrected chi connectivity index (χ3v) is 6.34. The Hall–Kier alpha value is -3.58. The van der Waals surface area contributed by atoms with Gasteiger partial charge in [0.2, 0.25) is 5.91 Å². The van der Waals surface area contributed by atoms with Gasteiger partial charge in [0.05, 0.1) is 11.0 Å². The molecule has 0 fully saturated rings. The van der Waals surface area contributed by atoms with Crippen LogP contribution in [-0.2, 0) is 17.6 Å². The second-order valence-electron chi connectivity index (χ2n) is 8.42. The van der Waals surface area contributed by atoms with Crippen molar-refractivity contribution in [2.45, 2.75) is 38.8 Å². The van der Waals surface area contributed by atoms with Crippen molar-refractivity contribution in [1.29, 1.82) is 0 Å². The maximum absolute atomic E-state index is 13.1. The first-order valence-electron chi connectivity index (χ1n) is 11.4. The van der Waals surface area contributed by atoms with Crippen LogP contribution in [0.15, 0.2) is 72.2 Å². The fourth-order valence-electron chi connectivity index (χ4n) is 3.83. The fraction of sp³-hybridized carbons (Fsp3) is 0.259. The average molecular weight is 476 g/mol. The topological polar surface area (TPSA) is 83.2 Å². The zero-order chi connectivity index (χ0) is 23.9. The molecule has 0 aliphatic heterocycles. The number of benzene rings is 2. The summed E-state index contributed by atoms with van der Waals surface area (Å²) in [4.78, 5) is 29.7. The molecule has 4 aromatic rings. The van der Waals surface area contributed by atoms with E-state index in [4.69, 9.17) is 4.74 Å². The highest BCUT2D eigenvalue weighted by Gasteiger charge is 2.23. The van der Waals surface area contributed by atoms with Gasteiger partial charge in [-0.25, -0.2) is 0 Å². The van der Waals surface area contributed by atoms with Crippen LogP contribution < -0.4 is 15.4 Å². The Kier molecular flexibility index (Phi) is 7.65. The lowest BCUT2D eigenvalue weighted by Gasteiger charge is -2.18. The van der Waals surface area contributed by atoms with Gasteiger partial charge in [0.1, 0.15) is 11.8 Å². The Morgan fingerprint density at radius 3 is 2.56 bits per heavy atom. The van der Waals surface area contributed by atoms with Crippen LogP contribution in [0.4, 0.5) is 0 Å². The number of fused-ring (bicyclic) bond motifs is 1. The smallest absolute Gasteiger partial charge is 0.262 e. The quantitative estimate of drug-likeness (QED) is 0.310. The lowest BCUT2D eigenvalue weighted by molar-refractivity contribution is -0.122. The van der Waals surface area contributed by atoms with Gasteiger partial charge in [-0.15, -0.1) is 11.3 Å². The molecule has 2 amide bonds. The summed E-state index contributed by atoms with van der Waals surface area (Å²) in [6, 6.07) is 18.7. The van der Waals surface area contributed by atoms with Crippen molar-refractivity contribution in [2.75, 3.05) is 6.54 Å². The second kappa shape index (κ2) is 11.0. The van der Waals surface area contributed by atoms with Crippen molar-refractivity contribution in [3.8, 4) is 5.75 Å². The van der Waals surface area contributed by atoms with Crippen LogP contribution in [0.2, 0.25) is 0 Å². The molecule has 0 saturated heterocycles. The monoisotopic (exact) mass is 475 g/mol. The largest absolute Gasteiger partial charge is 0.491 e. The molecular weight excluding hydrogens is 446 g/mol. The van der Waals surface area contributed by atoms with E-state index in [0.29, 0.717) is 24.3 Å². The molecule has 1 atom stereocenters. The summed E-state index contributed by atoms with van der Waals surface area (Å²) < 4.78 is 5.68. The van der Waals surface area contributed by atoms with Gasteiger partial charge in [0.15, 0.2) is 0 Å². The lowest BCUT2D eigenvalue weighted by Crippen LogP contribution is -2.48. The van der Waals surface area contributed by atoms with E-state index in [-0.39, 0.29) is 17.9 Å². The highest BCUT2D eigenvalue weighted by atomic mass is 32.1. The van der Waals surface area contributed by atoms with Crippen LogP contribution in [0, 0.1) is 0 Å². The number of carbonyl (C=O) groups excluding carboxylic acids is 2. The highest BCUT2D eigenvalue weighted by Crippen LogP contribution is 2.20. The molecule has 0 saturated carbocycles. The summed E-state index contributed by atoms with van der Waals surface area (Å²) in [5.74, 6) is 0.392. The van der Waals surface area contributed by atoms with Gasteiger partial charge in [-0.3, -0.25) is 9.59 Å². The van der Waals surface area contributed by atoms with Gasteiger partial charge in [-0.1, -0.05) is 36.4 Å². The molecule has 176 valence electrons. The Morgan fingerprint density at radius 1 is 1.03 bits per heavy atom. The van der Waals surface area contributed by atoms with Crippen molar-refractivity contribution < 1.29 is 14.3 Å². The maximum atomic E-state index is 13.1. The fourth-order valence-corrected chi connectivity index (χ4v) is 4.45. The minimum absolute atomic E-state index is 0.128. The van der Waals surface area contributed by atoms with E-state index in [1.807, 2.05) is 80.0 Å². The number of aromatic nitrogens is 1. The van der Waals surface area contributed by atoms with E-state index in [1.165, 1.54) is 11.3 Å². The first-order valence-corrected chi connectivity index (χ1v) is 12.3. The van der Waals surface area contributed by atoms with Gasteiger partial charge in [0, 0.05) is 30.1 Å². The summed E-state index contributed by atoms with van der Waals surface area (Å²) in [5, 5.41) is 8.82. The Balaban J connectivity index is 1.41. The molecule has 2 aromatic carbocycles. The molecule has 7 heteroatoms. The Morgan fingerprint density at radius 2 is 1.82 bits per heavy atom. The third-order valence-electron chi connectivity index (χ3n) is 5.47. The van der Waals surface area contributed by atoms with Gasteiger partial charge in [-0.05, 0) is 61.0 Å². The van der Waals surface area contributed by atoms with Crippen LogP contribution in [0.5, 0.6) is 5.75 Å². The third kappa shape index (κ3) is 6.05. The minimum atomic E-state index is -0.685. The van der Waals surface area contributed by atoms with E-state index in [9.17, 15) is 9.59 Å². The number of rotatable bonds is 10. The summed E-state index contributed by atoms with van der Waals surface area (Å²) in [6.07, 6.45) is 3.12. The molecule has 6 nitrogen and oxygen atoms in total. The highest BCUT2D eigenvalue weighted by molar-refractivity contribution is 7.12. The zero-order valence-corrected chi connectivity index (χ0v) is 20.2. The summed E-state index contributed by atoms with van der Waals surface area (Å²) in [5.41, 5.74) is 3.10. The number of carbonyl (C=O) groups is 2. The summed E-state index contributed by atoms with van der Waals surface area (Å²) >= 11 is 1.35. The lowest BCUT2D eigenvalue weighted by atomic mass is 10.0. The normalized spacial score (nSPS) is 12.0. The number of amides is 2. The predicted octanol–water partition coefficient (Wildman–Crippen LogP) is 4.72. The molecule has 0 spiro atoms. The number of para-hydroxylation sites is 1. The number of nitrogens with one attached hydrogen (secondary N) is 3. The van der Waals surface area contributed by atoms with Crippen molar-refractivity contribution >= 4 is 34.1 Å². The first kappa shape index (κ1) is 23.6. The van der Waals surface area contributed by atoms with Crippen molar-refractivity contribution in [3.63, 3.8) is 0 Å². The maximum Gasteiger partial charge on any atom is 0.262 e. The van der Waals surface area contributed by atoms with Crippen LogP contribution in [0.1, 0.15) is 34.6 Å². The zero-order valence-electron chi connectivity index (χ0n) is 19.3. The number of thiophene rings is 1. The van der Waals surface area contributed by atoms with Crippen LogP contribution in [0.3, 0.4) is 0 Å². The van der Waals surface area contributed by atoms with Crippen LogP contribution in [0.25, 0.3) is 10.9 Å². The Labute approximate surface area is 203 Å². The first-order chi connectivity index (χ1) is 16.5. The Bertz CT molecular complexity index is 1230. The SMILES string of the molecule is CC(C)Oc1ccc(CCNC(=O)C(Cc2c[nH]c3ccccc23)NC(=O)c2cccs2)cc1. The molecule has 2 aromatic heterocycles. The van der Waals surface area contributed by atoms with Crippen molar-refractivity contribution in [3.05, 3.63) is 88.2 Å². The van der Waals surface area contributed by atoms with Gasteiger partial charge in [0.25, 0.3) is 5.91 Å². The van der Waals surface area contributed by atoms with E-state index in [2.05, 4.69) is 15.6 Å². The van der Waals surface area contributed by atoms with E-state index >= 15 is 0 Å². The van der Waals surface area contributed by atoms with Crippen molar-refractivity contribution in [2.24, 2.45) is 0 Å². The van der Waals surface area contributed by atoms with Crippen LogP contribution in [-0.4, -0.2) is 35.5 Å². The van der Waals surface area contributed by atoms with Gasteiger partial charge in [-0.2, -0.15) is 0 Å². The molecule has 0 radical (unpaired) electrons. The van der Waals surface area contributed by atoms with Crippen LogP contribution >= 0.6 is 11.3 Å². The average Bonchev–Trinajstić information content (AvgIpc) is 3.50. The molecule has 3 N–H and O–H groups in total. The number of hydrogen-bond acceptors (Lipinski definition) is 4. The molecule has 1 unspecified atom stereocenters. The molecule has 0 aliphatic carbocycles. The standard InChI is InChI=1S/C27H29N3O3S/c1-18(2)33-21-11-9-19(10-12-21)13-14-28-26(31)24(30-27(32)25-8-5-15-34-25)16-20-17-29-23-7-4-3-6-22(20)23/h3-12,15,17-18,24,29H,13-14,16H2,1-2H3,(H,28,31)(H,30,32). The number of H-pyrrole nitrogens is 1. The summed E-state index contributed by atoms with van der Waals surface area (Å²) in [6.45, 7) is 4.46. The van der Waals surface area contributed by atoms with Gasteiger partial charge < -0.3 is 20.4 Å². The number of ether oxygens (including phenoxy) is 1. The minimum Gasteiger partial charge on any atom is -0.491 e. The van der Waals surface area contributed by atoms with E-state index in [1.54, 1.807) is 6.07 Å². The number of hydrogen-bond donors (Lipinski definition) is 3. The molecular formula is C27H29N3O3S. The van der Waals surface area contributed by atoms with Crippen molar-refractivity contribution in [1.82, 2.24) is 15.6 Å². The van der Waals surface area contributed by atoms with E-state index in [0.717, 1.165) is 27.8 Å². The molecule has 4 rings (SSSR count). The molecule has 0 bridgehead atoms. The number of aromatic amines is 1. The second-order valence-corrected chi connectivity index (χ2v) is 9.37.